The molecule has 1 aliphatic heterocycles. The topological polar surface area (TPSA) is 22.6 Å². The van der Waals surface area contributed by atoms with Gasteiger partial charge in [-0.3, -0.25) is 4.90 Å². The van der Waals surface area contributed by atoms with Crippen molar-refractivity contribution in [3.63, 3.8) is 0 Å². The summed E-state index contributed by atoms with van der Waals surface area (Å²) < 4.78 is 0. The van der Waals surface area contributed by atoms with Gasteiger partial charge in [-0.2, -0.15) is 0 Å². The molecule has 27 heavy (non-hydrogen) atoms. The molecule has 1 unspecified atom stereocenters. The lowest BCUT2D eigenvalue weighted by molar-refractivity contribution is 0.253. The van der Waals surface area contributed by atoms with E-state index in [4.69, 9.17) is 4.98 Å². The molecular weight excluding hydrogens is 332 g/mol. The third-order valence-electron chi connectivity index (χ3n) is 5.91. The highest BCUT2D eigenvalue weighted by Gasteiger charge is 2.27. The van der Waals surface area contributed by atoms with E-state index in [1.807, 2.05) is 12.3 Å². The van der Waals surface area contributed by atoms with Crippen molar-refractivity contribution >= 4 is 11.5 Å². The maximum Gasteiger partial charge on any atom is 0.132 e. The molecule has 0 amide bonds. The van der Waals surface area contributed by atoms with Gasteiger partial charge in [0, 0.05) is 45.1 Å². The number of aromatic nitrogens is 1. The van der Waals surface area contributed by atoms with E-state index in [1.54, 1.807) is 0 Å². The number of anilines is 2. The summed E-state index contributed by atoms with van der Waals surface area (Å²) in [5, 5.41) is 0. The van der Waals surface area contributed by atoms with Crippen LogP contribution in [0.4, 0.5) is 11.5 Å². The van der Waals surface area contributed by atoms with Gasteiger partial charge in [0.25, 0.3) is 0 Å². The number of hydrogen-bond donors (Lipinski definition) is 0. The van der Waals surface area contributed by atoms with E-state index in [1.165, 1.54) is 51.0 Å². The van der Waals surface area contributed by atoms with Crippen LogP contribution in [0, 0.1) is 11.8 Å². The van der Waals surface area contributed by atoms with Crippen LogP contribution in [0.25, 0.3) is 0 Å². The molecule has 1 saturated carbocycles. The Morgan fingerprint density at radius 3 is 2.44 bits per heavy atom. The minimum absolute atomic E-state index is 0.824. The van der Waals surface area contributed by atoms with Crippen molar-refractivity contribution in [2.75, 3.05) is 45.2 Å². The van der Waals surface area contributed by atoms with E-state index in [-0.39, 0.29) is 0 Å². The lowest BCUT2D eigenvalue weighted by atomic mass is 10.1. The zero-order chi connectivity index (χ0) is 18.6. The predicted octanol–water partition coefficient (Wildman–Crippen LogP) is 4.01. The molecule has 1 aliphatic carbocycles. The third kappa shape index (κ3) is 5.08. The van der Waals surface area contributed by atoms with Crippen LogP contribution in [0.1, 0.15) is 24.8 Å². The number of para-hydroxylation sites is 1. The first-order chi connectivity index (χ1) is 13.2. The van der Waals surface area contributed by atoms with Crippen LogP contribution in [0.15, 0.2) is 48.7 Å². The Morgan fingerprint density at radius 2 is 1.74 bits per heavy atom. The fourth-order valence-electron chi connectivity index (χ4n) is 4.21. The number of benzene rings is 1. The van der Waals surface area contributed by atoms with Crippen LogP contribution in [0.2, 0.25) is 0 Å². The lowest BCUT2D eigenvalue weighted by Gasteiger charge is -2.22. The van der Waals surface area contributed by atoms with Gasteiger partial charge in [-0.25, -0.2) is 4.98 Å². The van der Waals surface area contributed by atoms with E-state index < -0.39 is 0 Å². The zero-order valence-electron chi connectivity index (χ0n) is 16.7. The second kappa shape index (κ2) is 8.41. The number of pyridine rings is 1. The molecule has 144 valence electrons. The van der Waals surface area contributed by atoms with Gasteiger partial charge in [0.2, 0.25) is 0 Å². The second-order valence-corrected chi connectivity index (χ2v) is 8.47. The Labute approximate surface area is 163 Å². The van der Waals surface area contributed by atoms with Gasteiger partial charge in [-0.15, -0.1) is 0 Å². The molecule has 2 heterocycles. The number of nitrogens with zero attached hydrogens (tertiary/aromatic N) is 4. The van der Waals surface area contributed by atoms with E-state index in [9.17, 15) is 0 Å². The van der Waals surface area contributed by atoms with Gasteiger partial charge >= 0.3 is 0 Å². The third-order valence-corrected chi connectivity index (χ3v) is 5.91. The molecule has 2 aromatic rings. The van der Waals surface area contributed by atoms with Gasteiger partial charge in [0.15, 0.2) is 0 Å². The van der Waals surface area contributed by atoms with Crippen LogP contribution >= 0.6 is 0 Å². The average molecular weight is 365 g/mol. The molecule has 1 atom stereocenters. The summed E-state index contributed by atoms with van der Waals surface area (Å²) in [7, 11) is 4.37. The van der Waals surface area contributed by atoms with Crippen molar-refractivity contribution in [2.24, 2.45) is 11.8 Å². The maximum absolute atomic E-state index is 4.70. The molecule has 2 fully saturated rings. The Bertz CT molecular complexity index is 711. The highest BCUT2D eigenvalue weighted by molar-refractivity contribution is 5.58. The fourth-order valence-corrected chi connectivity index (χ4v) is 4.21. The van der Waals surface area contributed by atoms with Crippen molar-refractivity contribution in [2.45, 2.75) is 25.8 Å². The van der Waals surface area contributed by atoms with E-state index in [0.29, 0.717) is 0 Å². The molecule has 4 rings (SSSR count). The van der Waals surface area contributed by atoms with Crippen LogP contribution < -0.4 is 4.90 Å². The summed E-state index contributed by atoms with van der Waals surface area (Å²) in [5.41, 5.74) is 2.47. The smallest absolute Gasteiger partial charge is 0.132 e. The Kier molecular flexibility index (Phi) is 5.74. The van der Waals surface area contributed by atoms with Gasteiger partial charge in [0.1, 0.15) is 5.82 Å². The Hall–Kier alpha value is -1.91. The van der Waals surface area contributed by atoms with Crippen molar-refractivity contribution in [1.29, 1.82) is 0 Å². The minimum Gasteiger partial charge on any atom is -0.329 e. The fraction of sp³-hybridized carbons (Fsp3) is 0.522. The zero-order valence-corrected chi connectivity index (χ0v) is 16.7. The second-order valence-electron chi connectivity index (χ2n) is 8.47. The van der Waals surface area contributed by atoms with Crippen molar-refractivity contribution < 1.29 is 0 Å². The predicted molar refractivity (Wildman–Crippen MR) is 112 cm³/mol. The molecular formula is C23H32N4. The molecule has 1 aromatic carbocycles. The average Bonchev–Trinajstić information content (AvgIpc) is 3.40. The monoisotopic (exact) mass is 364 g/mol. The van der Waals surface area contributed by atoms with Crippen LogP contribution in [0.5, 0.6) is 0 Å². The largest absolute Gasteiger partial charge is 0.329 e. The first kappa shape index (κ1) is 18.5. The molecule has 2 aliphatic rings. The summed E-state index contributed by atoms with van der Waals surface area (Å²) in [5.74, 6) is 2.81. The van der Waals surface area contributed by atoms with Crippen LogP contribution in [0.3, 0.4) is 0 Å². The maximum atomic E-state index is 4.70. The summed E-state index contributed by atoms with van der Waals surface area (Å²) in [6.45, 7) is 6.02. The van der Waals surface area contributed by atoms with Crippen LogP contribution in [-0.2, 0) is 6.54 Å². The van der Waals surface area contributed by atoms with Gasteiger partial charge in [-0.1, -0.05) is 24.3 Å². The Morgan fingerprint density at radius 1 is 0.963 bits per heavy atom. The van der Waals surface area contributed by atoms with Crippen molar-refractivity contribution in [3.8, 4) is 0 Å². The lowest BCUT2D eigenvalue weighted by Crippen LogP contribution is -2.29. The SMILES string of the molecule is CN(CC1CC1)CC1CCN(Cc2ccc(N(C)c3ccccc3)nc2)C1. The van der Waals surface area contributed by atoms with Crippen molar-refractivity contribution in [3.05, 3.63) is 54.2 Å². The normalized spacial score (nSPS) is 20.3. The summed E-state index contributed by atoms with van der Waals surface area (Å²) >= 11 is 0. The Balaban J connectivity index is 1.27. The first-order valence-corrected chi connectivity index (χ1v) is 10.3. The van der Waals surface area contributed by atoms with E-state index in [0.717, 1.165) is 29.9 Å². The first-order valence-electron chi connectivity index (χ1n) is 10.3. The van der Waals surface area contributed by atoms with E-state index in [2.05, 4.69) is 65.2 Å². The van der Waals surface area contributed by atoms with Gasteiger partial charge in [-0.05, 0) is 68.5 Å². The van der Waals surface area contributed by atoms with Crippen LogP contribution in [-0.4, -0.2) is 55.1 Å². The van der Waals surface area contributed by atoms with E-state index >= 15 is 0 Å². The number of hydrogen-bond acceptors (Lipinski definition) is 4. The summed E-state index contributed by atoms with van der Waals surface area (Å²) in [6.07, 6.45) is 6.27. The molecule has 1 saturated heterocycles. The quantitative estimate of drug-likeness (QED) is 0.706. The van der Waals surface area contributed by atoms with Gasteiger partial charge in [0.05, 0.1) is 0 Å². The summed E-state index contributed by atoms with van der Waals surface area (Å²) in [4.78, 5) is 12.0. The number of likely N-dealkylation sites (tertiary alicyclic amines) is 1. The molecule has 0 bridgehead atoms. The molecule has 4 heteroatoms. The van der Waals surface area contributed by atoms with Crippen molar-refractivity contribution in [1.82, 2.24) is 14.8 Å². The molecule has 1 aromatic heterocycles. The highest BCUT2D eigenvalue weighted by Crippen LogP contribution is 2.30. The molecule has 0 radical (unpaired) electrons. The molecule has 0 N–H and O–H groups in total. The highest BCUT2D eigenvalue weighted by atomic mass is 15.2. The summed E-state index contributed by atoms with van der Waals surface area (Å²) in [6, 6.07) is 14.8. The number of rotatable bonds is 8. The standard InChI is InChI=1S/C23H32N4/c1-25(15-19-8-9-19)16-21-12-13-27(18-21)17-20-10-11-23(24-14-20)26(2)22-6-4-3-5-7-22/h3-7,10-11,14,19,21H,8-9,12-13,15-18H2,1-2H3. The minimum atomic E-state index is 0.824. The molecule has 4 nitrogen and oxygen atoms in total. The molecule has 0 spiro atoms. The van der Waals surface area contributed by atoms with Gasteiger partial charge < -0.3 is 9.80 Å².